The van der Waals surface area contributed by atoms with E-state index in [2.05, 4.69) is 20.6 Å². The molecule has 1 aliphatic rings. The van der Waals surface area contributed by atoms with E-state index in [1.54, 1.807) is 30.6 Å². The topological polar surface area (TPSA) is 103 Å². The standard InChI is InChI=1S/C26H28N4O5/c1-3-32-21-7-5-19(15-23(21)33-4-2)25(31)30-26(28-17-18-9-11-27-12-10-18)29-20-6-8-22-24(16-20)35-14-13-34-22/h5-12,15-16H,3-4,13-14,17H2,1-2H3,(H2,28,29,30,31). The van der Waals surface area contributed by atoms with Gasteiger partial charge in [-0.25, -0.2) is 4.99 Å². The summed E-state index contributed by atoms with van der Waals surface area (Å²) >= 11 is 0. The second kappa shape index (κ2) is 11.7. The molecule has 9 heteroatoms. The van der Waals surface area contributed by atoms with Crippen molar-refractivity contribution in [2.24, 2.45) is 4.99 Å². The van der Waals surface area contributed by atoms with Gasteiger partial charge >= 0.3 is 0 Å². The van der Waals surface area contributed by atoms with Gasteiger partial charge in [-0.15, -0.1) is 0 Å². The van der Waals surface area contributed by atoms with E-state index in [0.717, 1.165) is 5.56 Å². The fraction of sp³-hybridized carbons (Fsp3) is 0.269. The molecule has 0 fully saturated rings. The van der Waals surface area contributed by atoms with E-state index in [1.165, 1.54) is 0 Å². The summed E-state index contributed by atoms with van der Waals surface area (Å²) in [5.41, 5.74) is 2.07. The van der Waals surface area contributed by atoms with Gasteiger partial charge in [0.25, 0.3) is 5.91 Å². The lowest BCUT2D eigenvalue weighted by molar-refractivity contribution is 0.0976. The number of pyridine rings is 1. The van der Waals surface area contributed by atoms with Gasteiger partial charge in [0.1, 0.15) is 13.2 Å². The number of hydrogen-bond donors (Lipinski definition) is 2. The molecule has 35 heavy (non-hydrogen) atoms. The highest BCUT2D eigenvalue weighted by atomic mass is 16.6. The summed E-state index contributed by atoms with van der Waals surface area (Å²) in [5.74, 6) is 2.36. The number of anilines is 1. The van der Waals surface area contributed by atoms with Crippen LogP contribution in [0, 0.1) is 0 Å². The Bertz CT molecular complexity index is 1180. The van der Waals surface area contributed by atoms with E-state index in [4.69, 9.17) is 18.9 Å². The van der Waals surface area contributed by atoms with Gasteiger partial charge in [0, 0.05) is 29.7 Å². The molecule has 0 atom stereocenters. The van der Waals surface area contributed by atoms with Crippen LogP contribution in [0.3, 0.4) is 0 Å². The molecule has 0 aliphatic carbocycles. The van der Waals surface area contributed by atoms with Crippen LogP contribution in [0.15, 0.2) is 65.9 Å². The minimum atomic E-state index is -0.340. The Morgan fingerprint density at radius 2 is 1.69 bits per heavy atom. The molecule has 1 aromatic heterocycles. The number of hydrogen-bond acceptors (Lipinski definition) is 7. The minimum absolute atomic E-state index is 0.287. The Morgan fingerprint density at radius 3 is 2.46 bits per heavy atom. The van der Waals surface area contributed by atoms with Crippen LogP contribution >= 0.6 is 0 Å². The molecule has 2 N–H and O–H groups in total. The van der Waals surface area contributed by atoms with Gasteiger partial charge in [0.15, 0.2) is 23.0 Å². The molecule has 0 radical (unpaired) electrons. The van der Waals surface area contributed by atoms with Crippen molar-refractivity contribution >= 4 is 17.6 Å². The Kier molecular flexibility index (Phi) is 8.00. The molecule has 0 unspecified atom stereocenters. The average molecular weight is 477 g/mol. The number of fused-ring (bicyclic) bond motifs is 1. The fourth-order valence-corrected chi connectivity index (χ4v) is 3.40. The predicted molar refractivity (Wildman–Crippen MR) is 133 cm³/mol. The molecule has 9 nitrogen and oxygen atoms in total. The Morgan fingerprint density at radius 1 is 0.943 bits per heavy atom. The number of aromatic nitrogens is 1. The first-order chi connectivity index (χ1) is 17.2. The zero-order valence-corrected chi connectivity index (χ0v) is 19.7. The van der Waals surface area contributed by atoms with Crippen molar-refractivity contribution in [2.45, 2.75) is 20.4 Å². The van der Waals surface area contributed by atoms with Crippen molar-refractivity contribution in [1.29, 1.82) is 0 Å². The number of benzene rings is 2. The Balaban J connectivity index is 1.56. The number of carbonyl (C=O) groups is 1. The van der Waals surface area contributed by atoms with Crippen LogP contribution in [0.4, 0.5) is 5.69 Å². The second-order valence-corrected chi connectivity index (χ2v) is 7.49. The molecule has 182 valence electrons. The Hall–Kier alpha value is -4.27. The van der Waals surface area contributed by atoms with E-state index < -0.39 is 0 Å². The maximum atomic E-state index is 13.1. The molecule has 1 aliphatic heterocycles. The van der Waals surface area contributed by atoms with Crippen molar-refractivity contribution < 1.29 is 23.7 Å². The van der Waals surface area contributed by atoms with Crippen LogP contribution in [0.5, 0.6) is 23.0 Å². The number of nitrogens with one attached hydrogen (secondary N) is 2. The van der Waals surface area contributed by atoms with Crippen molar-refractivity contribution in [3.05, 3.63) is 72.1 Å². The molecule has 3 aromatic rings. The number of amides is 1. The van der Waals surface area contributed by atoms with Crippen molar-refractivity contribution in [2.75, 3.05) is 31.7 Å². The molecule has 0 saturated heterocycles. The third kappa shape index (κ3) is 6.41. The van der Waals surface area contributed by atoms with Gasteiger partial charge in [-0.2, -0.15) is 0 Å². The van der Waals surface area contributed by atoms with Gasteiger partial charge < -0.3 is 24.3 Å². The van der Waals surface area contributed by atoms with Crippen molar-refractivity contribution in [1.82, 2.24) is 10.3 Å². The highest BCUT2D eigenvalue weighted by Gasteiger charge is 2.16. The van der Waals surface area contributed by atoms with Crippen molar-refractivity contribution in [3.63, 3.8) is 0 Å². The van der Waals surface area contributed by atoms with Crippen LogP contribution in [0.2, 0.25) is 0 Å². The number of carbonyl (C=O) groups excluding carboxylic acids is 1. The lowest BCUT2D eigenvalue weighted by atomic mass is 10.2. The molecular weight excluding hydrogens is 448 g/mol. The summed E-state index contributed by atoms with van der Waals surface area (Å²) in [7, 11) is 0. The smallest absolute Gasteiger partial charge is 0.258 e. The van der Waals surface area contributed by atoms with Crippen molar-refractivity contribution in [3.8, 4) is 23.0 Å². The number of aliphatic imine (C=N–C) groups is 1. The molecule has 2 aromatic carbocycles. The van der Waals surface area contributed by atoms with E-state index in [-0.39, 0.29) is 11.9 Å². The molecule has 0 saturated carbocycles. The summed E-state index contributed by atoms with van der Waals surface area (Å²) in [6, 6.07) is 14.3. The molecule has 2 heterocycles. The van der Waals surface area contributed by atoms with Gasteiger partial charge in [-0.3, -0.25) is 15.1 Å². The van der Waals surface area contributed by atoms with Crippen LogP contribution in [0.1, 0.15) is 29.8 Å². The predicted octanol–water partition coefficient (Wildman–Crippen LogP) is 4.05. The summed E-state index contributed by atoms with van der Waals surface area (Å²) in [6.45, 7) is 6.07. The van der Waals surface area contributed by atoms with E-state index >= 15 is 0 Å². The van der Waals surface area contributed by atoms with Crippen LogP contribution in [0.25, 0.3) is 0 Å². The van der Waals surface area contributed by atoms with Gasteiger partial charge in [0.05, 0.1) is 19.8 Å². The molecule has 4 rings (SSSR count). The fourth-order valence-electron chi connectivity index (χ4n) is 3.40. The summed E-state index contributed by atoms with van der Waals surface area (Å²) in [4.78, 5) is 21.8. The Labute approximate surface area is 204 Å². The quantitative estimate of drug-likeness (QED) is 0.373. The SMILES string of the molecule is CCOc1ccc(C(=O)NC(=NCc2ccncc2)Nc2ccc3c(c2)OCCO3)cc1OCC. The maximum absolute atomic E-state index is 13.1. The molecule has 0 bridgehead atoms. The normalized spacial score (nSPS) is 12.6. The minimum Gasteiger partial charge on any atom is -0.490 e. The van der Waals surface area contributed by atoms with Gasteiger partial charge in [-0.05, 0) is 61.9 Å². The van der Waals surface area contributed by atoms with Crippen LogP contribution < -0.4 is 29.6 Å². The first-order valence-corrected chi connectivity index (χ1v) is 11.5. The van der Waals surface area contributed by atoms with Crippen LogP contribution in [-0.2, 0) is 6.54 Å². The third-order valence-electron chi connectivity index (χ3n) is 5.01. The molecule has 1 amide bonds. The maximum Gasteiger partial charge on any atom is 0.258 e. The molecule has 0 spiro atoms. The van der Waals surface area contributed by atoms with E-state index in [1.807, 2.05) is 44.2 Å². The van der Waals surface area contributed by atoms with E-state index in [0.29, 0.717) is 67.2 Å². The average Bonchev–Trinajstić information content (AvgIpc) is 2.89. The highest BCUT2D eigenvalue weighted by molar-refractivity contribution is 6.10. The summed E-state index contributed by atoms with van der Waals surface area (Å²) in [6.07, 6.45) is 3.40. The van der Waals surface area contributed by atoms with Gasteiger partial charge in [0.2, 0.25) is 5.96 Å². The first kappa shape index (κ1) is 23.9. The number of ether oxygens (including phenoxy) is 4. The molecular formula is C26H28N4O5. The van der Waals surface area contributed by atoms with Crippen LogP contribution in [-0.4, -0.2) is 43.3 Å². The highest BCUT2D eigenvalue weighted by Crippen LogP contribution is 2.32. The lowest BCUT2D eigenvalue weighted by Crippen LogP contribution is -2.36. The zero-order valence-electron chi connectivity index (χ0n) is 19.7. The summed E-state index contributed by atoms with van der Waals surface area (Å²) in [5, 5.41) is 6.05. The number of rotatable bonds is 8. The van der Waals surface area contributed by atoms with Gasteiger partial charge in [-0.1, -0.05) is 0 Å². The largest absolute Gasteiger partial charge is 0.490 e. The third-order valence-corrected chi connectivity index (χ3v) is 5.01. The zero-order chi connectivity index (χ0) is 24.5. The number of nitrogens with zero attached hydrogens (tertiary/aromatic N) is 2. The monoisotopic (exact) mass is 476 g/mol. The summed E-state index contributed by atoms with van der Waals surface area (Å²) < 4.78 is 22.5. The first-order valence-electron chi connectivity index (χ1n) is 11.5. The number of guanidine groups is 1. The lowest BCUT2D eigenvalue weighted by Gasteiger charge is -2.19. The van der Waals surface area contributed by atoms with E-state index in [9.17, 15) is 4.79 Å². The second-order valence-electron chi connectivity index (χ2n) is 7.49.